The standard InChI is InChI=1S/C18H17NO8/c20-11-4-5-13-15(8-11)27-16-10-12(9-14(21)17(16)18(13)22)25-6-2-1-3-7-26-19(23)24/h4-5,8-10,20-21H,1-3,6-7H2. The molecule has 0 amide bonds. The molecular weight excluding hydrogens is 358 g/mol. The molecule has 0 unspecified atom stereocenters. The lowest BCUT2D eigenvalue weighted by Gasteiger charge is -2.09. The summed E-state index contributed by atoms with van der Waals surface area (Å²) in [6.45, 7) is 0.358. The predicted octanol–water partition coefficient (Wildman–Crippen LogP) is 3.11. The monoisotopic (exact) mass is 375 g/mol. The Morgan fingerprint density at radius 2 is 1.81 bits per heavy atom. The van der Waals surface area contributed by atoms with Crippen molar-refractivity contribution >= 4 is 21.9 Å². The fourth-order valence-corrected chi connectivity index (χ4v) is 2.71. The number of hydrogen-bond acceptors (Lipinski definition) is 8. The average molecular weight is 375 g/mol. The summed E-state index contributed by atoms with van der Waals surface area (Å²) in [4.78, 5) is 26.8. The number of rotatable bonds is 8. The summed E-state index contributed by atoms with van der Waals surface area (Å²) in [5.74, 6) is 0.0255. The zero-order valence-corrected chi connectivity index (χ0v) is 14.2. The fraction of sp³-hybridized carbons (Fsp3) is 0.278. The van der Waals surface area contributed by atoms with Gasteiger partial charge in [0.25, 0.3) is 5.09 Å². The summed E-state index contributed by atoms with van der Waals surface area (Å²) in [6, 6.07) is 6.96. The highest BCUT2D eigenvalue weighted by Gasteiger charge is 2.14. The molecule has 0 aliphatic rings. The number of hydrogen-bond donors (Lipinski definition) is 2. The van der Waals surface area contributed by atoms with Gasteiger partial charge in [0.05, 0.1) is 18.6 Å². The van der Waals surface area contributed by atoms with E-state index in [2.05, 4.69) is 4.84 Å². The molecule has 0 atom stereocenters. The zero-order chi connectivity index (χ0) is 19.4. The number of phenols is 2. The van der Waals surface area contributed by atoms with Gasteiger partial charge >= 0.3 is 0 Å². The second kappa shape index (κ2) is 7.81. The predicted molar refractivity (Wildman–Crippen MR) is 95.6 cm³/mol. The van der Waals surface area contributed by atoms with E-state index in [0.29, 0.717) is 31.6 Å². The van der Waals surface area contributed by atoms with E-state index in [0.717, 1.165) is 0 Å². The summed E-state index contributed by atoms with van der Waals surface area (Å²) in [6.07, 6.45) is 1.83. The number of nitrogens with zero attached hydrogens (tertiary/aromatic N) is 1. The van der Waals surface area contributed by atoms with Crippen molar-refractivity contribution in [3.63, 3.8) is 0 Å². The Balaban J connectivity index is 1.73. The summed E-state index contributed by atoms with van der Waals surface area (Å²) in [5, 5.41) is 29.2. The van der Waals surface area contributed by atoms with E-state index >= 15 is 0 Å². The van der Waals surface area contributed by atoms with Gasteiger partial charge < -0.3 is 24.2 Å². The first-order valence-corrected chi connectivity index (χ1v) is 8.28. The molecule has 0 radical (unpaired) electrons. The minimum Gasteiger partial charge on any atom is -0.508 e. The molecule has 0 spiro atoms. The van der Waals surface area contributed by atoms with Crippen molar-refractivity contribution in [3.8, 4) is 17.2 Å². The first-order chi connectivity index (χ1) is 13.0. The van der Waals surface area contributed by atoms with Crippen LogP contribution in [0.2, 0.25) is 0 Å². The summed E-state index contributed by atoms with van der Waals surface area (Å²) in [7, 11) is 0. The van der Waals surface area contributed by atoms with E-state index in [1.807, 2.05) is 0 Å². The van der Waals surface area contributed by atoms with Crippen molar-refractivity contribution in [1.82, 2.24) is 0 Å². The van der Waals surface area contributed by atoms with Gasteiger partial charge in [-0.3, -0.25) is 4.79 Å². The van der Waals surface area contributed by atoms with Gasteiger partial charge in [-0.15, -0.1) is 10.1 Å². The molecule has 1 aromatic heterocycles. The highest BCUT2D eigenvalue weighted by molar-refractivity contribution is 5.94. The van der Waals surface area contributed by atoms with Crippen LogP contribution in [0.1, 0.15) is 19.3 Å². The highest BCUT2D eigenvalue weighted by atomic mass is 16.9. The van der Waals surface area contributed by atoms with E-state index in [9.17, 15) is 25.1 Å². The lowest BCUT2D eigenvalue weighted by molar-refractivity contribution is -0.757. The molecule has 142 valence electrons. The number of fused-ring (bicyclic) bond motifs is 2. The lowest BCUT2D eigenvalue weighted by Crippen LogP contribution is -2.04. The number of ether oxygens (including phenoxy) is 1. The normalized spacial score (nSPS) is 11.0. The van der Waals surface area contributed by atoms with Crippen LogP contribution in [0.3, 0.4) is 0 Å². The van der Waals surface area contributed by atoms with Crippen LogP contribution < -0.4 is 10.2 Å². The molecule has 0 aliphatic carbocycles. The third-order valence-corrected chi connectivity index (χ3v) is 3.97. The molecule has 3 aromatic rings. The molecule has 1 heterocycles. The van der Waals surface area contributed by atoms with E-state index in [1.54, 1.807) is 0 Å². The molecule has 0 bridgehead atoms. The highest BCUT2D eigenvalue weighted by Crippen LogP contribution is 2.31. The first-order valence-electron chi connectivity index (χ1n) is 8.28. The quantitative estimate of drug-likeness (QED) is 0.266. The van der Waals surface area contributed by atoms with E-state index in [1.165, 1.54) is 30.3 Å². The van der Waals surface area contributed by atoms with Crippen LogP contribution in [-0.2, 0) is 4.84 Å². The van der Waals surface area contributed by atoms with E-state index < -0.39 is 10.5 Å². The summed E-state index contributed by atoms with van der Waals surface area (Å²) in [5.41, 5.74) is -0.0524. The first kappa shape index (κ1) is 18.3. The number of phenolic OH excluding ortho intramolecular Hbond substituents is 2. The van der Waals surface area contributed by atoms with Gasteiger partial charge in [0.1, 0.15) is 33.8 Å². The number of unbranched alkanes of at least 4 members (excludes halogenated alkanes) is 2. The summed E-state index contributed by atoms with van der Waals surface area (Å²) >= 11 is 0. The maximum absolute atomic E-state index is 12.5. The van der Waals surface area contributed by atoms with Gasteiger partial charge in [0.15, 0.2) is 0 Å². The Bertz CT molecular complexity index is 1040. The van der Waals surface area contributed by atoms with Gasteiger partial charge in [-0.05, 0) is 31.4 Å². The lowest BCUT2D eigenvalue weighted by atomic mass is 10.1. The van der Waals surface area contributed by atoms with Crippen molar-refractivity contribution < 1.29 is 29.3 Å². The van der Waals surface area contributed by atoms with Gasteiger partial charge in [0, 0.05) is 18.2 Å². The van der Waals surface area contributed by atoms with Crippen LogP contribution in [0.4, 0.5) is 0 Å². The summed E-state index contributed by atoms with van der Waals surface area (Å²) < 4.78 is 11.2. The molecule has 3 rings (SSSR count). The van der Waals surface area contributed by atoms with Crippen molar-refractivity contribution in [1.29, 1.82) is 0 Å². The van der Waals surface area contributed by atoms with Crippen molar-refractivity contribution in [2.75, 3.05) is 13.2 Å². The largest absolute Gasteiger partial charge is 0.508 e. The molecule has 2 aromatic carbocycles. The van der Waals surface area contributed by atoms with Crippen molar-refractivity contribution in [2.45, 2.75) is 19.3 Å². The smallest absolute Gasteiger partial charge is 0.294 e. The molecule has 0 saturated heterocycles. The fourth-order valence-electron chi connectivity index (χ4n) is 2.71. The minimum absolute atomic E-state index is 0.0365. The molecule has 0 fully saturated rings. The van der Waals surface area contributed by atoms with E-state index in [-0.39, 0.29) is 40.0 Å². The molecular formula is C18H17NO8. The Morgan fingerprint density at radius 1 is 1.04 bits per heavy atom. The van der Waals surface area contributed by atoms with Crippen LogP contribution in [0.15, 0.2) is 39.5 Å². The average Bonchev–Trinajstić information content (AvgIpc) is 2.60. The number of benzene rings is 2. The van der Waals surface area contributed by atoms with Crippen LogP contribution in [-0.4, -0.2) is 28.5 Å². The maximum atomic E-state index is 12.5. The van der Waals surface area contributed by atoms with Crippen LogP contribution in [0, 0.1) is 10.1 Å². The van der Waals surface area contributed by atoms with Gasteiger partial charge in [-0.1, -0.05) is 0 Å². The van der Waals surface area contributed by atoms with E-state index in [4.69, 9.17) is 9.15 Å². The maximum Gasteiger partial charge on any atom is 0.294 e. The molecule has 0 saturated carbocycles. The third kappa shape index (κ3) is 4.20. The minimum atomic E-state index is -0.828. The Kier molecular flexibility index (Phi) is 5.30. The van der Waals surface area contributed by atoms with Crippen molar-refractivity contribution in [2.24, 2.45) is 0 Å². The van der Waals surface area contributed by atoms with Gasteiger partial charge in [-0.25, -0.2) is 0 Å². The van der Waals surface area contributed by atoms with Crippen LogP contribution in [0.25, 0.3) is 21.9 Å². The number of aromatic hydroxyl groups is 2. The zero-order valence-electron chi connectivity index (χ0n) is 14.2. The molecule has 0 aliphatic heterocycles. The molecule has 9 heteroatoms. The molecule has 2 N–H and O–H groups in total. The Hall–Kier alpha value is -3.49. The third-order valence-electron chi connectivity index (χ3n) is 3.97. The molecule has 9 nitrogen and oxygen atoms in total. The topological polar surface area (TPSA) is 132 Å². The van der Waals surface area contributed by atoms with Crippen LogP contribution >= 0.6 is 0 Å². The second-order valence-corrected chi connectivity index (χ2v) is 5.89. The van der Waals surface area contributed by atoms with Gasteiger partial charge in [-0.2, -0.15) is 0 Å². The second-order valence-electron chi connectivity index (χ2n) is 5.89. The Morgan fingerprint density at radius 3 is 2.59 bits per heavy atom. The SMILES string of the molecule is O=c1c2ccc(O)cc2oc2cc(OCCCCCO[N+](=O)[O-])cc(O)c12. The van der Waals surface area contributed by atoms with Crippen molar-refractivity contribution in [3.05, 3.63) is 50.7 Å². The van der Waals surface area contributed by atoms with Gasteiger partial charge in [0.2, 0.25) is 5.43 Å². The Labute approximate surface area is 152 Å². The van der Waals surface area contributed by atoms with Crippen LogP contribution in [0.5, 0.6) is 17.2 Å². The molecule has 27 heavy (non-hydrogen) atoms.